The van der Waals surface area contributed by atoms with E-state index >= 15 is 0 Å². The molecule has 15 unspecified atom stereocenters. The maximum atomic E-state index is 14.5. The summed E-state index contributed by atoms with van der Waals surface area (Å²) in [5, 5.41) is 16.3. The number of nitrogens with zero attached hydrogens (tertiary/aromatic N) is 6. The molecule has 0 saturated carbocycles. The van der Waals surface area contributed by atoms with Gasteiger partial charge in [0, 0.05) is 30.6 Å². The van der Waals surface area contributed by atoms with Crippen molar-refractivity contribution in [3.8, 4) is 0 Å². The Morgan fingerprint density at radius 1 is 0.518 bits per heavy atom. The van der Waals surface area contributed by atoms with Crippen molar-refractivity contribution in [2.75, 3.05) is 20.3 Å². The lowest BCUT2D eigenvalue weighted by molar-refractivity contribution is -0.370. The van der Waals surface area contributed by atoms with E-state index in [0.29, 0.717) is 11.1 Å². The van der Waals surface area contributed by atoms with Gasteiger partial charge in [-0.25, -0.2) is 4.79 Å². The Morgan fingerprint density at radius 3 is 1.36 bits per heavy atom. The zero-order valence-electron chi connectivity index (χ0n) is 45.1. The van der Waals surface area contributed by atoms with E-state index in [1.165, 1.54) is 6.92 Å². The third-order valence-corrected chi connectivity index (χ3v) is 13.5. The first kappa shape index (κ1) is 63.9. The minimum atomic E-state index is -2.48. The number of methoxy groups -OCH3 is 1. The van der Waals surface area contributed by atoms with Crippen LogP contribution in [0, 0.1) is 5.41 Å². The number of benzene rings is 4. The Labute approximate surface area is 491 Å². The zero-order valence-corrected chi connectivity index (χ0v) is 47.4. The van der Waals surface area contributed by atoms with Crippen molar-refractivity contribution in [1.29, 1.82) is 5.41 Å². The Balaban J connectivity index is 1.36. The van der Waals surface area contributed by atoms with Crippen LogP contribution in [-0.4, -0.2) is 146 Å². The summed E-state index contributed by atoms with van der Waals surface area (Å²) in [4.78, 5) is 58.7. The van der Waals surface area contributed by atoms with Crippen LogP contribution in [0.1, 0.15) is 43.0 Å². The number of rotatable bonds is 25. The lowest BCUT2D eigenvalue weighted by atomic mass is 9.94. The van der Waals surface area contributed by atoms with E-state index in [1.807, 2.05) is 60.7 Å². The molecular weight excluding hydrogens is 1150 g/mol. The van der Waals surface area contributed by atoms with Crippen LogP contribution in [-0.2, 0) is 112 Å². The fourth-order valence-corrected chi connectivity index (χ4v) is 9.34. The summed E-state index contributed by atoms with van der Waals surface area (Å²) < 4.78 is 85.3. The molecule has 28 heteroatoms. The number of esters is 4. The Hall–Kier alpha value is -6.64. The molecule has 3 saturated heterocycles. The molecular formula is C55H60Cl3N7O18. The van der Waals surface area contributed by atoms with E-state index in [-0.39, 0.29) is 26.4 Å². The van der Waals surface area contributed by atoms with Crippen LogP contribution in [0.4, 0.5) is 0 Å². The molecule has 4 aromatic carbocycles. The van der Waals surface area contributed by atoms with Gasteiger partial charge >= 0.3 is 23.9 Å². The highest BCUT2D eigenvalue weighted by molar-refractivity contribution is 6.76. The van der Waals surface area contributed by atoms with Gasteiger partial charge in [0.05, 0.1) is 33.5 Å². The number of nitrogens with one attached hydrogen (secondary N) is 1. The van der Waals surface area contributed by atoms with Gasteiger partial charge in [0.25, 0.3) is 3.79 Å². The van der Waals surface area contributed by atoms with Crippen LogP contribution >= 0.6 is 34.8 Å². The third kappa shape index (κ3) is 18.2. The smallest absolute Gasteiger partial charge is 0.337 e. The zero-order chi connectivity index (χ0) is 59.5. The predicted octanol–water partition coefficient (Wildman–Crippen LogP) is 8.23. The molecule has 3 aliphatic rings. The molecule has 0 aromatic heterocycles. The highest BCUT2D eigenvalue weighted by Gasteiger charge is 2.59. The lowest BCUT2D eigenvalue weighted by Gasteiger charge is -2.50. The molecule has 7 rings (SSSR count). The normalized spacial score (nSPS) is 27.8. The van der Waals surface area contributed by atoms with Gasteiger partial charge in [-0.3, -0.25) is 19.8 Å². The second kappa shape index (κ2) is 31.3. The Kier molecular flexibility index (Phi) is 24.1. The van der Waals surface area contributed by atoms with E-state index in [1.54, 1.807) is 60.7 Å². The SMILES string of the molecule is COC(=O)C1OC(OC2C(COC(C)=O)OC(OC(=N)C(Cl)(Cl)Cl)C(N=[N+]=[N-])C2OC(C)=O)C(OCc2ccccc2)C(OCc2ccccc2)C1OC1OC(COC(C)=O)C(OCc2ccccc2)C(OCc2ccccc2)C1N=[N+]=[N-]. The molecule has 25 nitrogen and oxygen atoms in total. The molecule has 0 amide bonds. The van der Waals surface area contributed by atoms with Crippen molar-refractivity contribution in [2.45, 2.75) is 143 Å². The second-order valence-electron chi connectivity index (χ2n) is 18.8. The van der Waals surface area contributed by atoms with E-state index < -0.39 is 139 Å². The van der Waals surface area contributed by atoms with E-state index in [0.717, 1.165) is 32.1 Å². The molecule has 3 aliphatic heterocycles. The van der Waals surface area contributed by atoms with Gasteiger partial charge in [-0.05, 0) is 33.3 Å². The Bertz CT molecular complexity index is 2860. The molecule has 0 spiro atoms. The van der Waals surface area contributed by atoms with Crippen LogP contribution in [0.2, 0.25) is 0 Å². The van der Waals surface area contributed by atoms with Gasteiger partial charge in [0.1, 0.15) is 80.2 Å². The number of azide groups is 2. The van der Waals surface area contributed by atoms with Crippen molar-refractivity contribution < 1.29 is 85.5 Å². The van der Waals surface area contributed by atoms with Gasteiger partial charge in [0.2, 0.25) is 12.2 Å². The average Bonchev–Trinajstić information content (AvgIpc) is 3.64. The molecule has 0 radical (unpaired) electrons. The van der Waals surface area contributed by atoms with Crippen LogP contribution in [0.3, 0.4) is 0 Å². The second-order valence-corrected chi connectivity index (χ2v) is 21.1. The molecule has 444 valence electrons. The molecule has 0 aliphatic carbocycles. The lowest BCUT2D eigenvalue weighted by Crippen LogP contribution is -2.68. The summed E-state index contributed by atoms with van der Waals surface area (Å²) in [5.74, 6) is -4.50. The molecule has 3 fully saturated rings. The number of carbonyl (C=O) groups is 4. The first-order chi connectivity index (χ1) is 40.0. The van der Waals surface area contributed by atoms with Crippen LogP contribution in [0.25, 0.3) is 20.9 Å². The maximum absolute atomic E-state index is 14.5. The van der Waals surface area contributed by atoms with E-state index in [4.69, 9.17) is 107 Å². The fraction of sp³-hybridized carbons (Fsp3) is 0.473. The van der Waals surface area contributed by atoms with Crippen molar-refractivity contribution in [1.82, 2.24) is 0 Å². The molecule has 15 atom stereocenters. The van der Waals surface area contributed by atoms with Crippen LogP contribution in [0.5, 0.6) is 0 Å². The standard InChI is InChI=1S/C55H60Cl3N7O18/c1-31(66)71-29-38-42(73-25-34-17-9-5-10-18-34)44(74-26-35-19-11-6-12-20-35)40(62-64-60)51(78-38)81-47-46(75-27-36-21-13-7-14-22-36)49(76-28-37-23-15-8-16-24-37)53(82-48(47)50(69)70-4)80-43-39(30-72-32(2)67)79-52(83-54(59)55(56,57)58)41(63-65-61)45(43)77-33(3)68/h5-24,38-49,51-53,59H,25-30H2,1-4H3. The minimum absolute atomic E-state index is 0.00524. The molecule has 0 bridgehead atoms. The summed E-state index contributed by atoms with van der Waals surface area (Å²) in [5.41, 5.74) is 23.0. The van der Waals surface area contributed by atoms with Gasteiger partial charge in [-0.15, -0.1) is 0 Å². The monoisotopic (exact) mass is 1210 g/mol. The molecule has 1 N–H and O–H groups in total. The summed E-state index contributed by atoms with van der Waals surface area (Å²) in [6, 6.07) is 32.8. The largest absolute Gasteiger partial charge is 0.467 e. The number of hydrogen-bond acceptors (Lipinski definition) is 21. The first-order valence-electron chi connectivity index (χ1n) is 25.8. The number of ether oxygens (including phenoxy) is 14. The summed E-state index contributed by atoms with van der Waals surface area (Å²) in [7, 11) is 1.08. The fourth-order valence-electron chi connectivity index (χ4n) is 9.21. The highest BCUT2D eigenvalue weighted by atomic mass is 35.6. The number of hydrogen-bond donors (Lipinski definition) is 1. The van der Waals surface area contributed by atoms with E-state index in [9.17, 15) is 30.2 Å². The molecule has 3 heterocycles. The van der Waals surface area contributed by atoms with Gasteiger partial charge in [-0.2, -0.15) is 0 Å². The van der Waals surface area contributed by atoms with Crippen molar-refractivity contribution in [3.05, 3.63) is 164 Å². The maximum Gasteiger partial charge on any atom is 0.337 e. The number of carbonyl (C=O) groups excluding carboxylic acids is 4. The minimum Gasteiger partial charge on any atom is -0.467 e. The number of alkyl halides is 3. The summed E-state index contributed by atoms with van der Waals surface area (Å²) >= 11 is 17.9. The van der Waals surface area contributed by atoms with Gasteiger partial charge in [0.15, 0.2) is 18.7 Å². The van der Waals surface area contributed by atoms with Crippen molar-refractivity contribution >= 4 is 64.6 Å². The van der Waals surface area contributed by atoms with Gasteiger partial charge < -0.3 is 66.3 Å². The van der Waals surface area contributed by atoms with Crippen molar-refractivity contribution in [3.63, 3.8) is 0 Å². The third-order valence-electron chi connectivity index (χ3n) is 12.9. The van der Waals surface area contributed by atoms with Gasteiger partial charge in [-0.1, -0.05) is 166 Å². The predicted molar refractivity (Wildman–Crippen MR) is 292 cm³/mol. The summed E-state index contributed by atoms with van der Waals surface area (Å²) in [6.45, 7) is 1.81. The first-order valence-corrected chi connectivity index (χ1v) is 26.9. The van der Waals surface area contributed by atoms with Crippen LogP contribution < -0.4 is 0 Å². The Morgan fingerprint density at radius 2 is 0.928 bits per heavy atom. The quantitative estimate of drug-likeness (QED) is 0.00954. The molecule has 83 heavy (non-hydrogen) atoms. The van der Waals surface area contributed by atoms with Crippen LogP contribution in [0.15, 0.2) is 132 Å². The number of halogens is 3. The van der Waals surface area contributed by atoms with E-state index in [2.05, 4.69) is 20.1 Å². The average molecular weight is 1210 g/mol. The molecule has 4 aromatic rings. The van der Waals surface area contributed by atoms with Crippen molar-refractivity contribution in [2.24, 2.45) is 10.2 Å². The highest BCUT2D eigenvalue weighted by Crippen LogP contribution is 2.40. The summed E-state index contributed by atoms with van der Waals surface area (Å²) in [6.07, 6.45) is -20.7. The topological polar surface area (TPSA) is 319 Å².